The van der Waals surface area contributed by atoms with Crippen LogP contribution in [0.2, 0.25) is 0 Å². The molecule has 23 heavy (non-hydrogen) atoms. The van der Waals surface area contributed by atoms with Gasteiger partial charge in [0.25, 0.3) is 5.91 Å². The number of carbonyl (C=O) groups excluding carboxylic acids is 1. The van der Waals surface area contributed by atoms with Crippen LogP contribution in [0.5, 0.6) is 0 Å². The third-order valence-corrected chi connectivity index (χ3v) is 6.17. The molecule has 0 bridgehead atoms. The van der Waals surface area contributed by atoms with E-state index in [0.717, 1.165) is 37.7 Å². The summed E-state index contributed by atoms with van der Waals surface area (Å²) in [6, 6.07) is 8.23. The van der Waals surface area contributed by atoms with E-state index in [1.54, 1.807) is 14.2 Å². The summed E-state index contributed by atoms with van der Waals surface area (Å²) in [5.74, 6) is 0.357. The predicted octanol–water partition coefficient (Wildman–Crippen LogP) is 1.80. The molecule has 5 heteroatoms. The average Bonchev–Trinajstić information content (AvgIpc) is 2.97. The van der Waals surface area contributed by atoms with Gasteiger partial charge in [0.2, 0.25) is 0 Å². The number of hydrogen-bond donors (Lipinski definition) is 1. The Bertz CT molecular complexity index is 691. The molecular weight excluding hydrogens is 290 g/mol. The van der Waals surface area contributed by atoms with Gasteiger partial charge in [-0.1, -0.05) is 24.3 Å². The second-order valence-electron chi connectivity index (χ2n) is 7.09. The van der Waals surface area contributed by atoms with Crippen LogP contribution in [0.15, 0.2) is 29.3 Å². The molecule has 122 valence electrons. The van der Waals surface area contributed by atoms with Crippen molar-refractivity contribution in [1.82, 2.24) is 4.90 Å². The zero-order valence-electron chi connectivity index (χ0n) is 13.7. The quantitative estimate of drug-likeness (QED) is 0.859. The minimum atomic E-state index is -0.832. The minimum Gasteiger partial charge on any atom is -0.381 e. The van der Waals surface area contributed by atoms with Crippen LogP contribution >= 0.6 is 0 Å². The average molecular weight is 313 g/mol. The van der Waals surface area contributed by atoms with E-state index >= 15 is 0 Å². The van der Waals surface area contributed by atoms with Crippen molar-refractivity contribution in [2.75, 3.05) is 14.2 Å². The Labute approximate surface area is 136 Å². The first-order chi connectivity index (χ1) is 11.0. The molecule has 2 N–H and O–H groups in total. The molecule has 5 nitrogen and oxygen atoms in total. The number of carbonyl (C=O) groups is 1. The Kier molecular flexibility index (Phi) is 3.07. The summed E-state index contributed by atoms with van der Waals surface area (Å²) < 4.78 is 5.54. The molecule has 1 saturated carbocycles. The fourth-order valence-corrected chi connectivity index (χ4v) is 4.89. The molecule has 1 aliphatic heterocycles. The lowest BCUT2D eigenvalue weighted by atomic mass is 9.61. The lowest BCUT2D eigenvalue weighted by Crippen LogP contribution is -2.51. The lowest BCUT2D eigenvalue weighted by molar-refractivity contribution is -0.137. The zero-order valence-corrected chi connectivity index (χ0v) is 13.7. The largest absolute Gasteiger partial charge is 0.381 e. The number of likely N-dealkylation sites (N-methyl/N-ethyl adjacent to an activating group) is 1. The Morgan fingerprint density at radius 2 is 2.00 bits per heavy atom. The standard InChI is InChI=1S/C18H23N3O2/c1-21-15(22)18(20-16(21)19)14-6-4-3-5-12(14)11-17(18)9-7-13(23-2)8-10-17/h3-6,13H,7-11H2,1-2H3,(H2,19,20). The summed E-state index contributed by atoms with van der Waals surface area (Å²) in [6.45, 7) is 0. The molecule has 4 rings (SSSR count). The third kappa shape index (κ3) is 1.71. The molecule has 0 aromatic heterocycles. The topological polar surface area (TPSA) is 67.9 Å². The highest BCUT2D eigenvalue weighted by molar-refractivity contribution is 6.08. The van der Waals surface area contributed by atoms with Crippen LogP contribution in [0.4, 0.5) is 0 Å². The van der Waals surface area contributed by atoms with Gasteiger partial charge < -0.3 is 10.5 Å². The SMILES string of the molecule is COC1CCC2(CC1)Cc1ccccc1C21N=C(N)N(C)C1=O. The number of nitrogens with zero attached hydrogens (tertiary/aromatic N) is 2. The van der Waals surface area contributed by atoms with Crippen molar-refractivity contribution in [2.45, 2.75) is 43.7 Å². The number of amides is 1. The number of aliphatic imine (C=N–C) groups is 1. The van der Waals surface area contributed by atoms with Gasteiger partial charge in [-0.15, -0.1) is 0 Å². The van der Waals surface area contributed by atoms with Gasteiger partial charge in [-0.2, -0.15) is 0 Å². The number of benzene rings is 1. The van der Waals surface area contributed by atoms with E-state index in [4.69, 9.17) is 15.5 Å². The first-order valence-electron chi connectivity index (χ1n) is 8.29. The molecule has 3 aliphatic rings. The molecule has 1 atom stereocenters. The van der Waals surface area contributed by atoms with Crippen LogP contribution in [0.25, 0.3) is 0 Å². The van der Waals surface area contributed by atoms with Gasteiger partial charge in [0.05, 0.1) is 6.10 Å². The summed E-state index contributed by atoms with van der Waals surface area (Å²) in [5, 5.41) is 0. The van der Waals surface area contributed by atoms with Crippen molar-refractivity contribution in [3.63, 3.8) is 0 Å². The number of fused-ring (bicyclic) bond motifs is 3. The highest BCUT2D eigenvalue weighted by Gasteiger charge is 2.66. The van der Waals surface area contributed by atoms with Gasteiger partial charge in [-0.05, 0) is 43.2 Å². The number of hydrogen-bond acceptors (Lipinski definition) is 4. The number of guanidine groups is 1. The first-order valence-corrected chi connectivity index (χ1v) is 8.29. The van der Waals surface area contributed by atoms with Crippen LogP contribution in [-0.4, -0.2) is 37.0 Å². The maximum atomic E-state index is 13.2. The van der Waals surface area contributed by atoms with Crippen LogP contribution in [0.3, 0.4) is 0 Å². The van der Waals surface area contributed by atoms with E-state index in [1.807, 2.05) is 12.1 Å². The smallest absolute Gasteiger partial charge is 0.262 e. The van der Waals surface area contributed by atoms with Crippen LogP contribution in [-0.2, 0) is 21.5 Å². The fourth-order valence-electron chi connectivity index (χ4n) is 4.89. The molecule has 0 radical (unpaired) electrons. The minimum absolute atomic E-state index is 0.0239. The molecule has 1 aromatic carbocycles. The molecule has 1 amide bonds. The van der Waals surface area contributed by atoms with E-state index < -0.39 is 5.54 Å². The van der Waals surface area contributed by atoms with Crippen molar-refractivity contribution in [2.24, 2.45) is 16.1 Å². The Hall–Kier alpha value is -1.88. The normalized spacial score (nSPS) is 35.9. The number of nitrogens with two attached hydrogens (primary N) is 1. The van der Waals surface area contributed by atoms with E-state index in [1.165, 1.54) is 10.5 Å². The summed E-state index contributed by atoms with van der Waals surface area (Å²) in [4.78, 5) is 19.5. The number of ether oxygens (including phenoxy) is 1. The van der Waals surface area contributed by atoms with E-state index in [2.05, 4.69) is 12.1 Å². The molecule has 1 heterocycles. The summed E-state index contributed by atoms with van der Waals surface area (Å²) in [6.07, 6.45) is 5.01. The zero-order chi connectivity index (χ0) is 16.2. The Morgan fingerprint density at radius 3 is 2.61 bits per heavy atom. The van der Waals surface area contributed by atoms with E-state index in [-0.39, 0.29) is 17.4 Å². The van der Waals surface area contributed by atoms with Crippen LogP contribution in [0.1, 0.15) is 36.8 Å². The van der Waals surface area contributed by atoms with Crippen LogP contribution < -0.4 is 5.73 Å². The molecule has 2 spiro atoms. The van der Waals surface area contributed by atoms with Crippen molar-refractivity contribution in [3.8, 4) is 0 Å². The molecular formula is C18H23N3O2. The molecule has 2 aliphatic carbocycles. The molecule has 1 unspecified atom stereocenters. The summed E-state index contributed by atoms with van der Waals surface area (Å²) >= 11 is 0. The third-order valence-electron chi connectivity index (χ3n) is 6.17. The molecule has 1 fully saturated rings. The van der Waals surface area contributed by atoms with E-state index in [9.17, 15) is 4.79 Å². The van der Waals surface area contributed by atoms with Gasteiger partial charge >= 0.3 is 0 Å². The molecule has 0 saturated heterocycles. The van der Waals surface area contributed by atoms with E-state index in [0.29, 0.717) is 5.96 Å². The highest BCUT2D eigenvalue weighted by Crippen LogP contribution is 2.61. The number of methoxy groups -OCH3 is 1. The van der Waals surface area contributed by atoms with Crippen molar-refractivity contribution >= 4 is 11.9 Å². The van der Waals surface area contributed by atoms with Gasteiger partial charge in [-0.3, -0.25) is 9.69 Å². The van der Waals surface area contributed by atoms with Gasteiger partial charge in [0, 0.05) is 19.6 Å². The Balaban J connectivity index is 1.87. The maximum Gasteiger partial charge on any atom is 0.262 e. The van der Waals surface area contributed by atoms with Gasteiger partial charge in [-0.25, -0.2) is 4.99 Å². The summed E-state index contributed by atoms with van der Waals surface area (Å²) in [7, 11) is 3.50. The highest BCUT2D eigenvalue weighted by atomic mass is 16.5. The first kappa shape index (κ1) is 14.7. The van der Waals surface area contributed by atoms with Crippen molar-refractivity contribution in [3.05, 3.63) is 35.4 Å². The monoisotopic (exact) mass is 313 g/mol. The Morgan fingerprint density at radius 1 is 1.30 bits per heavy atom. The van der Waals surface area contributed by atoms with Gasteiger partial charge in [0.15, 0.2) is 11.5 Å². The maximum absolute atomic E-state index is 13.2. The fraction of sp³-hybridized carbons (Fsp3) is 0.556. The predicted molar refractivity (Wildman–Crippen MR) is 87.9 cm³/mol. The molecule has 1 aromatic rings. The second-order valence-corrected chi connectivity index (χ2v) is 7.09. The second kappa shape index (κ2) is 4.81. The lowest BCUT2D eigenvalue weighted by Gasteiger charge is -2.45. The number of rotatable bonds is 1. The van der Waals surface area contributed by atoms with Crippen LogP contribution in [0, 0.1) is 5.41 Å². The van der Waals surface area contributed by atoms with Gasteiger partial charge in [0.1, 0.15) is 0 Å². The van der Waals surface area contributed by atoms with Crippen molar-refractivity contribution in [1.29, 1.82) is 0 Å². The summed E-state index contributed by atoms with van der Waals surface area (Å²) in [5.41, 5.74) is 7.34. The van der Waals surface area contributed by atoms with Crippen molar-refractivity contribution < 1.29 is 9.53 Å².